The molecule has 0 aliphatic rings. The molecule has 0 N–H and O–H groups in total. The van der Waals surface area contributed by atoms with E-state index >= 15 is 0 Å². The van der Waals surface area contributed by atoms with Crippen molar-refractivity contribution in [2.75, 3.05) is 7.11 Å². The van der Waals surface area contributed by atoms with Gasteiger partial charge in [-0.2, -0.15) is 5.26 Å². The number of benzene rings is 1. The molecule has 84 valence electrons. The van der Waals surface area contributed by atoms with E-state index in [9.17, 15) is 4.79 Å². The van der Waals surface area contributed by atoms with Gasteiger partial charge in [0.05, 0.1) is 25.2 Å². The number of carbonyl (C=O) groups is 1. The van der Waals surface area contributed by atoms with Gasteiger partial charge in [-0.05, 0) is 46.2 Å². The Morgan fingerprint density at radius 1 is 1.56 bits per heavy atom. The van der Waals surface area contributed by atoms with E-state index < -0.39 is 0 Å². The molecule has 0 heterocycles. The first kappa shape index (κ1) is 13.0. The van der Waals surface area contributed by atoms with Crippen LogP contribution in [0.1, 0.15) is 23.6 Å². The van der Waals surface area contributed by atoms with E-state index in [1.165, 1.54) is 7.11 Å². The number of rotatable bonds is 3. The second-order valence-electron chi connectivity index (χ2n) is 3.28. The molecule has 0 spiro atoms. The maximum absolute atomic E-state index is 11.3. The van der Waals surface area contributed by atoms with E-state index in [0.717, 1.165) is 21.1 Å². The van der Waals surface area contributed by atoms with Gasteiger partial charge >= 0.3 is 5.97 Å². The van der Waals surface area contributed by atoms with E-state index in [0.29, 0.717) is 5.56 Å². The Hall–Kier alpha value is -1.09. The molecule has 16 heavy (non-hydrogen) atoms. The topological polar surface area (TPSA) is 50.1 Å². The summed E-state index contributed by atoms with van der Waals surface area (Å²) < 4.78 is 5.56. The molecular weight excluding hydrogens is 317 g/mol. The highest BCUT2D eigenvalue weighted by atomic mass is 127. The van der Waals surface area contributed by atoms with Gasteiger partial charge in [0, 0.05) is 3.57 Å². The van der Waals surface area contributed by atoms with E-state index in [1.807, 2.05) is 19.1 Å². The largest absolute Gasteiger partial charge is 0.469 e. The number of aryl methyl sites for hydroxylation is 1. The first-order valence-corrected chi connectivity index (χ1v) is 5.99. The number of esters is 1. The SMILES string of the molecule is CCc1ccc(I)c(CC(=O)OC)c1C#N. The van der Waals surface area contributed by atoms with Crippen molar-refractivity contribution < 1.29 is 9.53 Å². The number of carbonyl (C=O) groups excluding carboxylic acids is 1. The molecule has 4 heteroatoms. The minimum absolute atomic E-state index is 0.158. The summed E-state index contributed by atoms with van der Waals surface area (Å²) in [6, 6.07) is 6.03. The van der Waals surface area contributed by atoms with Crippen LogP contribution in [0.3, 0.4) is 0 Å². The molecule has 0 bridgehead atoms. The third-order valence-electron chi connectivity index (χ3n) is 2.38. The first-order valence-electron chi connectivity index (χ1n) is 4.91. The lowest BCUT2D eigenvalue weighted by Gasteiger charge is -2.09. The molecule has 0 atom stereocenters. The van der Waals surface area contributed by atoms with Crippen molar-refractivity contribution in [2.24, 2.45) is 0 Å². The van der Waals surface area contributed by atoms with Crippen LogP contribution < -0.4 is 0 Å². The predicted octanol–water partition coefficient (Wildman–Crippen LogP) is 2.44. The summed E-state index contributed by atoms with van der Waals surface area (Å²) in [6.45, 7) is 1.99. The highest BCUT2D eigenvalue weighted by molar-refractivity contribution is 14.1. The number of nitrogens with zero attached hydrogens (tertiary/aromatic N) is 1. The van der Waals surface area contributed by atoms with Gasteiger partial charge in [0.25, 0.3) is 0 Å². The van der Waals surface area contributed by atoms with E-state index in [1.54, 1.807) is 0 Å². The van der Waals surface area contributed by atoms with Gasteiger partial charge in [0.15, 0.2) is 0 Å². The zero-order valence-electron chi connectivity index (χ0n) is 9.21. The molecule has 0 fully saturated rings. The van der Waals surface area contributed by atoms with Crippen molar-refractivity contribution in [3.05, 3.63) is 32.4 Å². The van der Waals surface area contributed by atoms with Crippen molar-refractivity contribution in [2.45, 2.75) is 19.8 Å². The quantitative estimate of drug-likeness (QED) is 0.632. The fourth-order valence-electron chi connectivity index (χ4n) is 1.49. The minimum Gasteiger partial charge on any atom is -0.469 e. The molecule has 3 nitrogen and oxygen atoms in total. The fourth-order valence-corrected chi connectivity index (χ4v) is 2.13. The zero-order chi connectivity index (χ0) is 12.1. The summed E-state index contributed by atoms with van der Waals surface area (Å²) in [4.78, 5) is 11.3. The van der Waals surface area contributed by atoms with Crippen LogP contribution in [0.2, 0.25) is 0 Å². The lowest BCUT2D eigenvalue weighted by atomic mass is 9.98. The van der Waals surface area contributed by atoms with Crippen molar-refractivity contribution in [1.82, 2.24) is 0 Å². The van der Waals surface area contributed by atoms with Crippen LogP contribution in [0, 0.1) is 14.9 Å². The van der Waals surface area contributed by atoms with Crippen LogP contribution in [0.4, 0.5) is 0 Å². The van der Waals surface area contributed by atoms with Crippen LogP contribution in [0.5, 0.6) is 0 Å². The monoisotopic (exact) mass is 329 g/mol. The highest BCUT2D eigenvalue weighted by Gasteiger charge is 2.14. The summed E-state index contributed by atoms with van der Waals surface area (Å²) in [6.07, 6.45) is 0.944. The molecule has 0 saturated carbocycles. The third-order valence-corrected chi connectivity index (χ3v) is 3.39. The van der Waals surface area contributed by atoms with Crippen LogP contribution in [0.15, 0.2) is 12.1 Å². The van der Waals surface area contributed by atoms with Crippen molar-refractivity contribution in [1.29, 1.82) is 5.26 Å². The Morgan fingerprint density at radius 3 is 2.75 bits per heavy atom. The average Bonchev–Trinajstić information content (AvgIpc) is 2.31. The Morgan fingerprint density at radius 2 is 2.25 bits per heavy atom. The molecule has 0 aromatic heterocycles. The van der Waals surface area contributed by atoms with Gasteiger partial charge in [-0.3, -0.25) is 4.79 Å². The Balaban J connectivity index is 3.25. The molecule has 1 aromatic rings. The summed E-state index contributed by atoms with van der Waals surface area (Å²) in [5, 5.41) is 9.13. The number of methoxy groups -OCH3 is 1. The van der Waals surface area contributed by atoms with Gasteiger partial charge in [0.1, 0.15) is 0 Å². The Kier molecular flexibility index (Phi) is 4.74. The number of hydrogen-bond donors (Lipinski definition) is 0. The molecule has 0 saturated heterocycles. The van der Waals surface area contributed by atoms with Gasteiger partial charge < -0.3 is 4.74 Å². The van der Waals surface area contributed by atoms with Crippen LogP contribution in [0.25, 0.3) is 0 Å². The van der Waals surface area contributed by atoms with E-state index in [2.05, 4.69) is 33.4 Å². The van der Waals surface area contributed by atoms with Gasteiger partial charge in [-0.25, -0.2) is 0 Å². The van der Waals surface area contributed by atoms with Crippen LogP contribution in [-0.2, 0) is 22.4 Å². The highest BCUT2D eigenvalue weighted by Crippen LogP contribution is 2.22. The summed E-state index contributed by atoms with van der Waals surface area (Å²) >= 11 is 2.13. The Labute approximate surface area is 109 Å². The molecule has 1 aromatic carbocycles. The molecule has 0 aliphatic carbocycles. The van der Waals surface area contributed by atoms with Crippen LogP contribution in [-0.4, -0.2) is 13.1 Å². The van der Waals surface area contributed by atoms with Crippen molar-refractivity contribution >= 4 is 28.6 Å². The lowest BCUT2D eigenvalue weighted by molar-refractivity contribution is -0.139. The van der Waals surface area contributed by atoms with Gasteiger partial charge in [0.2, 0.25) is 0 Å². The smallest absolute Gasteiger partial charge is 0.310 e. The summed E-state index contributed by atoms with van der Waals surface area (Å²) in [5.41, 5.74) is 2.36. The van der Waals surface area contributed by atoms with Crippen molar-refractivity contribution in [3.8, 4) is 6.07 Å². The van der Waals surface area contributed by atoms with Crippen LogP contribution >= 0.6 is 22.6 Å². The van der Waals surface area contributed by atoms with E-state index in [-0.39, 0.29) is 12.4 Å². The summed E-state index contributed by atoms with van der Waals surface area (Å²) in [5.74, 6) is -0.317. The first-order chi connectivity index (χ1) is 7.63. The fraction of sp³-hybridized carbons (Fsp3) is 0.333. The standard InChI is InChI=1S/C12H12INO2/c1-3-8-4-5-11(13)9(10(8)7-14)6-12(15)16-2/h4-5H,3,6H2,1-2H3. The maximum atomic E-state index is 11.3. The molecule has 0 unspecified atom stereocenters. The molecular formula is C12H12INO2. The summed E-state index contributed by atoms with van der Waals surface area (Å²) in [7, 11) is 1.35. The second-order valence-corrected chi connectivity index (χ2v) is 4.44. The Bertz CT molecular complexity index is 449. The average molecular weight is 329 g/mol. The number of halogens is 1. The van der Waals surface area contributed by atoms with E-state index in [4.69, 9.17) is 5.26 Å². The van der Waals surface area contributed by atoms with Gasteiger partial charge in [-0.1, -0.05) is 13.0 Å². The zero-order valence-corrected chi connectivity index (χ0v) is 11.4. The molecule has 0 aliphatic heterocycles. The van der Waals surface area contributed by atoms with Crippen molar-refractivity contribution in [3.63, 3.8) is 0 Å². The lowest BCUT2D eigenvalue weighted by Crippen LogP contribution is -2.09. The molecule has 0 radical (unpaired) electrons. The maximum Gasteiger partial charge on any atom is 0.310 e. The second kappa shape index (κ2) is 5.85. The minimum atomic E-state index is -0.317. The van der Waals surface area contributed by atoms with Gasteiger partial charge in [-0.15, -0.1) is 0 Å². The number of hydrogen-bond acceptors (Lipinski definition) is 3. The third kappa shape index (κ3) is 2.73. The molecule has 0 amide bonds. The molecule has 1 rings (SSSR count). The normalized spacial score (nSPS) is 9.62. The number of nitriles is 1. The predicted molar refractivity (Wildman–Crippen MR) is 69.0 cm³/mol. The number of ether oxygens (including phenoxy) is 1.